The van der Waals surface area contributed by atoms with Gasteiger partial charge in [-0.05, 0) is 18.2 Å². The quantitative estimate of drug-likeness (QED) is 0.708. The van der Waals surface area contributed by atoms with Gasteiger partial charge < -0.3 is 10.2 Å². The molecule has 0 unspecified atom stereocenters. The topological polar surface area (TPSA) is 57.5 Å². The predicted octanol–water partition coefficient (Wildman–Crippen LogP) is 2.52. The maximum atomic E-state index is 11.1. The highest BCUT2D eigenvalue weighted by molar-refractivity contribution is 7.21. The van der Waals surface area contributed by atoms with Crippen molar-refractivity contribution >= 4 is 27.2 Å². The van der Waals surface area contributed by atoms with Gasteiger partial charge >= 0.3 is 0 Å². The van der Waals surface area contributed by atoms with Crippen LogP contribution in [0, 0.1) is 0 Å². The molecule has 1 aromatic heterocycles. The molecule has 0 aliphatic rings. The molecule has 2 N–H and O–H groups in total. The summed E-state index contributed by atoms with van der Waals surface area (Å²) in [5, 5.41) is 19.5. The monoisotopic (exact) mass is 208 g/mol. The minimum Gasteiger partial charge on any atom is -0.508 e. The van der Waals surface area contributed by atoms with Gasteiger partial charge in [-0.2, -0.15) is 0 Å². The summed E-state index contributed by atoms with van der Waals surface area (Å²) in [6.07, 6.45) is 0. The Morgan fingerprint density at radius 2 is 2.07 bits per heavy atom. The van der Waals surface area contributed by atoms with Crippen LogP contribution in [0.1, 0.15) is 16.6 Å². The van der Waals surface area contributed by atoms with Gasteiger partial charge in [0, 0.05) is 17.0 Å². The molecule has 0 aliphatic carbocycles. The minimum absolute atomic E-state index is 0.0116. The molecule has 0 saturated carbocycles. The number of ketones is 1. The number of hydrogen-bond acceptors (Lipinski definition) is 4. The van der Waals surface area contributed by atoms with E-state index in [0.29, 0.717) is 15.0 Å². The molecule has 72 valence electrons. The molecule has 0 atom stereocenters. The first-order valence-electron chi connectivity index (χ1n) is 4.05. The molecule has 0 fully saturated rings. The van der Waals surface area contributed by atoms with Crippen LogP contribution in [-0.4, -0.2) is 16.0 Å². The number of phenolic OH excluding ortho intramolecular Hbond substituents is 1. The molecule has 3 nitrogen and oxygen atoms in total. The van der Waals surface area contributed by atoms with Crippen molar-refractivity contribution in [3.05, 3.63) is 23.1 Å². The summed E-state index contributed by atoms with van der Waals surface area (Å²) in [4.78, 5) is 11.4. The lowest BCUT2D eigenvalue weighted by Crippen LogP contribution is -1.85. The first-order valence-corrected chi connectivity index (χ1v) is 4.86. The Kier molecular flexibility index (Phi) is 1.93. The van der Waals surface area contributed by atoms with E-state index >= 15 is 0 Å². The largest absolute Gasteiger partial charge is 0.508 e. The zero-order valence-electron chi connectivity index (χ0n) is 7.44. The first kappa shape index (κ1) is 9.02. The van der Waals surface area contributed by atoms with Crippen LogP contribution in [0.3, 0.4) is 0 Å². The van der Waals surface area contributed by atoms with Crippen molar-refractivity contribution < 1.29 is 15.0 Å². The van der Waals surface area contributed by atoms with Crippen LogP contribution in [0.25, 0.3) is 10.1 Å². The molecule has 0 aliphatic heterocycles. The van der Waals surface area contributed by atoms with E-state index in [9.17, 15) is 15.0 Å². The van der Waals surface area contributed by atoms with Crippen molar-refractivity contribution in [1.82, 2.24) is 0 Å². The standard InChI is InChI=1S/C10H8O3S/c1-5(11)10-9(13)7-3-2-6(12)4-8(7)14-10/h2-4,12-13H,1H3. The Morgan fingerprint density at radius 1 is 1.36 bits per heavy atom. The third-order valence-electron chi connectivity index (χ3n) is 1.97. The van der Waals surface area contributed by atoms with Crippen LogP contribution in [0.4, 0.5) is 0 Å². The van der Waals surface area contributed by atoms with Crippen molar-refractivity contribution in [3.63, 3.8) is 0 Å². The Balaban J connectivity index is 2.79. The van der Waals surface area contributed by atoms with E-state index in [1.165, 1.54) is 30.4 Å². The molecule has 0 saturated heterocycles. The second-order valence-electron chi connectivity index (χ2n) is 3.02. The fraction of sp³-hybridized carbons (Fsp3) is 0.100. The Bertz CT molecular complexity index is 513. The average molecular weight is 208 g/mol. The average Bonchev–Trinajstić information content (AvgIpc) is 2.43. The van der Waals surface area contributed by atoms with Crippen molar-refractivity contribution in [2.75, 3.05) is 0 Å². The Morgan fingerprint density at radius 3 is 2.71 bits per heavy atom. The van der Waals surface area contributed by atoms with Crippen LogP contribution in [0.15, 0.2) is 18.2 Å². The molecule has 1 aromatic carbocycles. The van der Waals surface area contributed by atoms with Gasteiger partial charge in [-0.25, -0.2) is 0 Å². The van der Waals surface area contributed by atoms with Gasteiger partial charge in [-0.1, -0.05) is 0 Å². The van der Waals surface area contributed by atoms with Crippen LogP contribution in [0.5, 0.6) is 11.5 Å². The molecular formula is C10H8O3S. The summed E-state index contributed by atoms with van der Waals surface area (Å²) in [6, 6.07) is 4.62. The van der Waals surface area contributed by atoms with Crippen molar-refractivity contribution in [2.24, 2.45) is 0 Å². The number of thiophene rings is 1. The Labute approximate surface area is 84.2 Å². The van der Waals surface area contributed by atoms with E-state index in [2.05, 4.69) is 0 Å². The van der Waals surface area contributed by atoms with Gasteiger partial charge in [0.05, 0.1) is 0 Å². The summed E-state index contributed by atoms with van der Waals surface area (Å²) in [5.41, 5.74) is 0. The van der Waals surface area contributed by atoms with Crippen molar-refractivity contribution in [3.8, 4) is 11.5 Å². The maximum absolute atomic E-state index is 11.1. The number of hydrogen-bond donors (Lipinski definition) is 2. The first-order chi connectivity index (χ1) is 6.59. The lowest BCUT2D eigenvalue weighted by Gasteiger charge is -1.92. The molecule has 14 heavy (non-hydrogen) atoms. The van der Waals surface area contributed by atoms with Gasteiger partial charge in [0.25, 0.3) is 0 Å². The maximum Gasteiger partial charge on any atom is 0.173 e. The number of Topliss-reactive ketones (excluding diaryl/α,β-unsaturated/α-hetero) is 1. The van der Waals surface area contributed by atoms with E-state index < -0.39 is 0 Å². The van der Waals surface area contributed by atoms with E-state index in [4.69, 9.17) is 0 Å². The summed E-state index contributed by atoms with van der Waals surface area (Å²) in [7, 11) is 0. The van der Waals surface area contributed by atoms with Crippen molar-refractivity contribution in [2.45, 2.75) is 6.92 Å². The van der Waals surface area contributed by atoms with Crippen LogP contribution >= 0.6 is 11.3 Å². The highest BCUT2D eigenvalue weighted by Gasteiger charge is 2.14. The lowest BCUT2D eigenvalue weighted by atomic mass is 10.2. The second-order valence-corrected chi connectivity index (χ2v) is 4.07. The molecule has 1 heterocycles. The Hall–Kier alpha value is -1.55. The molecular weight excluding hydrogens is 200 g/mol. The number of carbonyl (C=O) groups is 1. The van der Waals surface area contributed by atoms with Gasteiger partial charge in [-0.15, -0.1) is 11.3 Å². The highest BCUT2D eigenvalue weighted by atomic mass is 32.1. The molecule has 0 amide bonds. The second kappa shape index (κ2) is 2.99. The van der Waals surface area contributed by atoms with Gasteiger partial charge in [0.15, 0.2) is 5.78 Å². The SMILES string of the molecule is CC(=O)c1sc2cc(O)ccc2c1O. The highest BCUT2D eigenvalue weighted by Crippen LogP contribution is 2.38. The number of phenols is 1. The fourth-order valence-electron chi connectivity index (χ4n) is 1.31. The van der Waals surface area contributed by atoms with E-state index in [1.807, 2.05) is 0 Å². The predicted molar refractivity (Wildman–Crippen MR) is 55.2 cm³/mol. The van der Waals surface area contributed by atoms with E-state index in [1.54, 1.807) is 6.07 Å². The van der Waals surface area contributed by atoms with Gasteiger partial charge in [0.2, 0.25) is 0 Å². The third kappa shape index (κ3) is 1.24. The van der Waals surface area contributed by atoms with Crippen molar-refractivity contribution in [1.29, 1.82) is 0 Å². The molecule has 2 rings (SSSR count). The molecule has 2 aromatic rings. The number of carbonyl (C=O) groups excluding carboxylic acids is 1. The van der Waals surface area contributed by atoms with Crippen LogP contribution < -0.4 is 0 Å². The minimum atomic E-state index is -0.164. The zero-order valence-corrected chi connectivity index (χ0v) is 8.26. The number of aromatic hydroxyl groups is 2. The molecule has 0 radical (unpaired) electrons. The summed E-state index contributed by atoms with van der Waals surface area (Å²) < 4.78 is 0.715. The van der Waals surface area contributed by atoms with E-state index in [0.717, 1.165) is 0 Å². The van der Waals surface area contributed by atoms with Gasteiger partial charge in [0.1, 0.15) is 16.4 Å². The smallest absolute Gasteiger partial charge is 0.173 e. The fourth-order valence-corrected chi connectivity index (χ4v) is 2.33. The number of benzene rings is 1. The lowest BCUT2D eigenvalue weighted by molar-refractivity contribution is 0.101. The summed E-state index contributed by atoms with van der Waals surface area (Å²) in [6.45, 7) is 1.41. The van der Waals surface area contributed by atoms with Crippen LogP contribution in [0.2, 0.25) is 0 Å². The molecule has 0 spiro atoms. The third-order valence-corrected chi connectivity index (χ3v) is 3.21. The molecule has 0 bridgehead atoms. The number of fused-ring (bicyclic) bond motifs is 1. The summed E-state index contributed by atoms with van der Waals surface area (Å²) in [5.74, 6) is -0.0189. The molecule has 4 heteroatoms. The normalized spacial score (nSPS) is 10.6. The van der Waals surface area contributed by atoms with Crippen LogP contribution in [-0.2, 0) is 0 Å². The van der Waals surface area contributed by atoms with Gasteiger partial charge in [-0.3, -0.25) is 4.79 Å². The summed E-state index contributed by atoms with van der Waals surface area (Å²) >= 11 is 1.19. The number of rotatable bonds is 1. The zero-order chi connectivity index (χ0) is 10.3. The van der Waals surface area contributed by atoms with E-state index in [-0.39, 0.29) is 17.3 Å².